The van der Waals surface area contributed by atoms with E-state index in [1.165, 1.54) is 0 Å². The van der Waals surface area contributed by atoms with E-state index in [0.29, 0.717) is 18.5 Å². The van der Waals surface area contributed by atoms with Crippen molar-refractivity contribution in [2.45, 2.75) is 51.6 Å². The van der Waals surface area contributed by atoms with Crippen LogP contribution in [-0.2, 0) is 4.79 Å². The molecule has 1 aliphatic carbocycles. The van der Waals surface area contributed by atoms with Crippen molar-refractivity contribution >= 4 is 5.97 Å². The Morgan fingerprint density at radius 2 is 1.81 bits per heavy atom. The Balaban J connectivity index is 2.23. The number of nitrogens with one attached hydrogen (secondary N) is 1. The molecule has 1 rings (SSSR count). The zero-order chi connectivity index (χ0) is 12.2. The smallest absolute Gasteiger partial charge is 0.304 e. The average Bonchev–Trinajstić information content (AvgIpc) is 2.18. The predicted molar refractivity (Wildman–Crippen MR) is 62.3 cm³/mol. The van der Waals surface area contributed by atoms with Crippen LogP contribution < -0.4 is 5.32 Å². The molecule has 4 nitrogen and oxygen atoms in total. The Kier molecular flexibility index (Phi) is 4.33. The summed E-state index contributed by atoms with van der Waals surface area (Å²) in [4.78, 5) is 10.3. The lowest BCUT2D eigenvalue weighted by Crippen LogP contribution is -2.45. The molecular weight excluding hydrogens is 206 g/mol. The van der Waals surface area contributed by atoms with Crippen LogP contribution in [0.25, 0.3) is 0 Å². The van der Waals surface area contributed by atoms with E-state index in [1.54, 1.807) is 0 Å². The van der Waals surface area contributed by atoms with Gasteiger partial charge in [0.25, 0.3) is 0 Å². The van der Waals surface area contributed by atoms with Gasteiger partial charge in [0.1, 0.15) is 0 Å². The average molecular weight is 229 g/mol. The summed E-state index contributed by atoms with van der Waals surface area (Å²) >= 11 is 0. The van der Waals surface area contributed by atoms with Crippen LogP contribution >= 0.6 is 0 Å². The highest BCUT2D eigenvalue weighted by atomic mass is 16.4. The lowest BCUT2D eigenvalue weighted by molar-refractivity contribution is -0.136. The van der Waals surface area contributed by atoms with E-state index < -0.39 is 11.6 Å². The Morgan fingerprint density at radius 1 is 1.25 bits per heavy atom. The molecule has 0 unspecified atom stereocenters. The van der Waals surface area contributed by atoms with Gasteiger partial charge in [0.2, 0.25) is 0 Å². The van der Waals surface area contributed by atoms with Gasteiger partial charge < -0.3 is 15.5 Å². The lowest BCUT2D eigenvalue weighted by atomic mass is 9.71. The highest BCUT2D eigenvalue weighted by molar-refractivity contribution is 5.66. The van der Waals surface area contributed by atoms with Crippen LogP contribution in [0.4, 0.5) is 0 Å². The van der Waals surface area contributed by atoms with E-state index in [9.17, 15) is 9.90 Å². The van der Waals surface area contributed by atoms with E-state index in [0.717, 1.165) is 25.7 Å². The van der Waals surface area contributed by atoms with Crippen LogP contribution in [0.3, 0.4) is 0 Å². The molecule has 0 aliphatic heterocycles. The van der Waals surface area contributed by atoms with Crippen molar-refractivity contribution in [1.29, 1.82) is 0 Å². The van der Waals surface area contributed by atoms with Crippen LogP contribution in [0.1, 0.15) is 46.0 Å². The van der Waals surface area contributed by atoms with Crippen LogP contribution in [0.15, 0.2) is 0 Å². The summed E-state index contributed by atoms with van der Waals surface area (Å²) in [5, 5.41) is 21.8. The SMILES string of the molecule is CC1(C)CCC(O)(CNCCC(=O)O)CC1. The Hall–Kier alpha value is -0.610. The maximum Gasteiger partial charge on any atom is 0.304 e. The van der Waals surface area contributed by atoms with Crippen LogP contribution in [-0.4, -0.2) is 34.9 Å². The number of hydrogen-bond acceptors (Lipinski definition) is 3. The monoisotopic (exact) mass is 229 g/mol. The predicted octanol–water partition coefficient (Wildman–Crippen LogP) is 1.38. The van der Waals surface area contributed by atoms with Gasteiger partial charge in [0.15, 0.2) is 0 Å². The zero-order valence-electron chi connectivity index (χ0n) is 10.3. The molecule has 4 heteroatoms. The minimum atomic E-state index is -0.802. The van der Waals surface area contributed by atoms with Crippen molar-refractivity contribution in [3.05, 3.63) is 0 Å². The first-order valence-electron chi connectivity index (χ1n) is 5.98. The molecule has 1 fully saturated rings. The molecule has 0 atom stereocenters. The van der Waals surface area contributed by atoms with Gasteiger partial charge in [-0.05, 0) is 31.1 Å². The van der Waals surface area contributed by atoms with Crippen LogP contribution in [0.2, 0.25) is 0 Å². The van der Waals surface area contributed by atoms with E-state index >= 15 is 0 Å². The van der Waals surface area contributed by atoms with Crippen LogP contribution in [0, 0.1) is 5.41 Å². The van der Waals surface area contributed by atoms with Gasteiger partial charge in [0, 0.05) is 13.1 Å². The summed E-state index contributed by atoms with van der Waals surface area (Å²) in [6.07, 6.45) is 3.79. The molecule has 0 aromatic heterocycles. The van der Waals surface area contributed by atoms with Gasteiger partial charge in [-0.1, -0.05) is 13.8 Å². The quantitative estimate of drug-likeness (QED) is 0.623. The van der Waals surface area contributed by atoms with Crippen molar-refractivity contribution in [2.75, 3.05) is 13.1 Å². The summed E-state index contributed by atoms with van der Waals surface area (Å²) < 4.78 is 0. The van der Waals surface area contributed by atoms with Crippen molar-refractivity contribution in [2.24, 2.45) is 5.41 Å². The third-order valence-corrected chi connectivity index (χ3v) is 3.50. The zero-order valence-corrected chi connectivity index (χ0v) is 10.3. The Labute approximate surface area is 97.0 Å². The van der Waals surface area contributed by atoms with E-state index in [-0.39, 0.29) is 6.42 Å². The van der Waals surface area contributed by atoms with E-state index in [1.807, 2.05) is 0 Å². The van der Waals surface area contributed by atoms with Gasteiger partial charge in [-0.15, -0.1) is 0 Å². The molecule has 0 spiro atoms. The maximum absolute atomic E-state index is 10.3. The summed E-state index contributed by atoms with van der Waals surface area (Å²) in [5.74, 6) is -0.802. The summed E-state index contributed by atoms with van der Waals surface area (Å²) in [6.45, 7) is 5.40. The third kappa shape index (κ3) is 4.49. The standard InChI is InChI=1S/C12H23NO3/c1-11(2)4-6-12(16,7-5-11)9-13-8-3-10(14)15/h13,16H,3-9H2,1-2H3,(H,14,15). The minimum absolute atomic E-state index is 0.113. The molecule has 0 bridgehead atoms. The van der Waals surface area contributed by atoms with E-state index in [2.05, 4.69) is 19.2 Å². The summed E-state index contributed by atoms with van der Waals surface area (Å²) in [6, 6.07) is 0. The molecule has 0 aromatic rings. The normalized spacial score (nSPS) is 22.9. The Bertz CT molecular complexity index is 241. The number of carboxylic acid groups (broad SMARTS) is 1. The van der Waals surface area contributed by atoms with Gasteiger partial charge in [-0.25, -0.2) is 0 Å². The molecule has 0 heterocycles. The number of aliphatic hydroxyl groups is 1. The van der Waals surface area contributed by atoms with Crippen molar-refractivity contribution in [3.63, 3.8) is 0 Å². The topological polar surface area (TPSA) is 69.6 Å². The first-order chi connectivity index (χ1) is 7.33. The second kappa shape index (κ2) is 5.15. The molecular formula is C12H23NO3. The van der Waals surface area contributed by atoms with E-state index in [4.69, 9.17) is 5.11 Å². The molecule has 0 radical (unpaired) electrons. The van der Waals surface area contributed by atoms with Crippen molar-refractivity contribution in [1.82, 2.24) is 5.32 Å². The molecule has 94 valence electrons. The highest BCUT2D eigenvalue weighted by Gasteiger charge is 2.36. The second-order valence-corrected chi connectivity index (χ2v) is 5.71. The molecule has 1 aliphatic rings. The highest BCUT2D eigenvalue weighted by Crippen LogP contribution is 2.39. The molecule has 0 aromatic carbocycles. The first kappa shape index (κ1) is 13.5. The summed E-state index contributed by atoms with van der Waals surface area (Å²) in [7, 11) is 0. The Morgan fingerprint density at radius 3 is 2.31 bits per heavy atom. The van der Waals surface area contributed by atoms with Crippen molar-refractivity contribution < 1.29 is 15.0 Å². The molecule has 16 heavy (non-hydrogen) atoms. The lowest BCUT2D eigenvalue weighted by Gasteiger charge is -2.40. The fourth-order valence-corrected chi connectivity index (χ4v) is 2.09. The van der Waals surface area contributed by atoms with Gasteiger partial charge in [0.05, 0.1) is 12.0 Å². The molecule has 0 amide bonds. The fraction of sp³-hybridized carbons (Fsp3) is 0.917. The number of rotatable bonds is 5. The van der Waals surface area contributed by atoms with Crippen LogP contribution in [0.5, 0.6) is 0 Å². The first-order valence-corrected chi connectivity index (χ1v) is 5.98. The number of aliphatic carboxylic acids is 1. The molecule has 1 saturated carbocycles. The van der Waals surface area contributed by atoms with Gasteiger partial charge in [-0.2, -0.15) is 0 Å². The maximum atomic E-state index is 10.3. The minimum Gasteiger partial charge on any atom is -0.481 e. The number of carbonyl (C=O) groups is 1. The third-order valence-electron chi connectivity index (χ3n) is 3.50. The largest absolute Gasteiger partial charge is 0.481 e. The van der Waals surface area contributed by atoms with Crippen molar-refractivity contribution in [3.8, 4) is 0 Å². The number of carboxylic acids is 1. The van der Waals surface area contributed by atoms with Gasteiger partial charge in [-0.3, -0.25) is 4.79 Å². The molecule has 0 saturated heterocycles. The second-order valence-electron chi connectivity index (χ2n) is 5.71. The van der Waals surface area contributed by atoms with Gasteiger partial charge >= 0.3 is 5.97 Å². The molecule has 3 N–H and O–H groups in total. The summed E-state index contributed by atoms with van der Waals surface area (Å²) in [5.41, 5.74) is -0.290. The fourth-order valence-electron chi connectivity index (χ4n) is 2.09. The number of hydrogen-bond donors (Lipinski definition) is 3.